The molecular formula is C21H25NO3S2. The van der Waals surface area contributed by atoms with Gasteiger partial charge in [-0.2, -0.15) is 0 Å². The largest absolute Gasteiger partial charge is 0.491 e. The van der Waals surface area contributed by atoms with Gasteiger partial charge in [-0.3, -0.25) is 4.79 Å². The van der Waals surface area contributed by atoms with E-state index in [1.165, 1.54) is 16.3 Å². The van der Waals surface area contributed by atoms with E-state index in [0.717, 1.165) is 22.9 Å². The SMILES string of the molecule is CSc1cc2c(cc1OCC(C)C(=O)O)SCC(C)CN2c1ccccc1. The lowest BCUT2D eigenvalue weighted by molar-refractivity contribution is -0.142. The van der Waals surface area contributed by atoms with Crippen LogP contribution in [0.1, 0.15) is 13.8 Å². The zero-order valence-electron chi connectivity index (χ0n) is 15.8. The number of hydrogen-bond acceptors (Lipinski definition) is 5. The second kappa shape index (κ2) is 8.93. The summed E-state index contributed by atoms with van der Waals surface area (Å²) in [4.78, 5) is 15.7. The lowest BCUT2D eigenvalue weighted by Gasteiger charge is -2.27. The minimum atomic E-state index is -0.839. The molecule has 0 amide bonds. The molecule has 3 rings (SSSR count). The maximum Gasteiger partial charge on any atom is 0.309 e. The second-order valence-corrected chi connectivity index (χ2v) is 8.79. The molecule has 2 unspecified atom stereocenters. The normalized spacial score (nSPS) is 17.7. The number of fused-ring (bicyclic) bond motifs is 1. The summed E-state index contributed by atoms with van der Waals surface area (Å²) in [6.07, 6.45) is 2.02. The van der Waals surface area contributed by atoms with Crippen LogP contribution in [-0.2, 0) is 4.79 Å². The Labute approximate surface area is 169 Å². The third kappa shape index (κ3) is 4.74. The monoisotopic (exact) mass is 403 g/mol. The van der Waals surface area contributed by atoms with Gasteiger partial charge < -0.3 is 14.7 Å². The third-order valence-electron chi connectivity index (χ3n) is 4.53. The number of carboxylic acids is 1. The van der Waals surface area contributed by atoms with Gasteiger partial charge in [-0.25, -0.2) is 0 Å². The Balaban J connectivity index is 1.97. The molecule has 27 heavy (non-hydrogen) atoms. The van der Waals surface area contributed by atoms with Gasteiger partial charge in [0.25, 0.3) is 0 Å². The van der Waals surface area contributed by atoms with Crippen molar-refractivity contribution >= 4 is 40.9 Å². The van der Waals surface area contributed by atoms with E-state index in [-0.39, 0.29) is 6.61 Å². The summed E-state index contributed by atoms with van der Waals surface area (Å²) in [5.41, 5.74) is 2.38. The van der Waals surface area contributed by atoms with E-state index < -0.39 is 11.9 Å². The number of thioether (sulfide) groups is 2. The Bertz CT molecular complexity index is 798. The molecule has 144 valence electrons. The molecule has 6 heteroatoms. The van der Waals surface area contributed by atoms with Gasteiger partial charge in [-0.15, -0.1) is 23.5 Å². The van der Waals surface area contributed by atoms with Gasteiger partial charge >= 0.3 is 5.97 Å². The predicted octanol–water partition coefficient (Wildman–Crippen LogP) is 5.39. The average molecular weight is 404 g/mol. The number of aliphatic carboxylic acids is 1. The minimum absolute atomic E-state index is 0.172. The van der Waals surface area contributed by atoms with Gasteiger partial charge in [0.2, 0.25) is 0 Å². The predicted molar refractivity (Wildman–Crippen MR) is 114 cm³/mol. The molecule has 4 nitrogen and oxygen atoms in total. The minimum Gasteiger partial charge on any atom is -0.491 e. The first-order valence-corrected chi connectivity index (χ1v) is 11.2. The molecule has 0 fully saturated rings. The number of benzene rings is 2. The first-order chi connectivity index (χ1) is 13.0. The fourth-order valence-electron chi connectivity index (χ4n) is 2.96. The maximum absolute atomic E-state index is 11.1. The molecule has 0 radical (unpaired) electrons. The summed E-state index contributed by atoms with van der Waals surface area (Å²) < 4.78 is 5.89. The number of ether oxygens (including phenoxy) is 1. The van der Waals surface area contributed by atoms with Crippen LogP contribution in [0.15, 0.2) is 52.3 Å². The van der Waals surface area contributed by atoms with Crippen molar-refractivity contribution in [2.45, 2.75) is 23.6 Å². The summed E-state index contributed by atoms with van der Waals surface area (Å²) in [6, 6.07) is 14.7. The Kier molecular flexibility index (Phi) is 6.60. The van der Waals surface area contributed by atoms with Crippen molar-refractivity contribution in [1.29, 1.82) is 0 Å². The van der Waals surface area contributed by atoms with Crippen LogP contribution in [0.4, 0.5) is 11.4 Å². The van der Waals surface area contributed by atoms with Gasteiger partial charge in [0.15, 0.2) is 0 Å². The summed E-state index contributed by atoms with van der Waals surface area (Å²) in [5, 5.41) is 9.11. The summed E-state index contributed by atoms with van der Waals surface area (Å²) >= 11 is 3.47. The van der Waals surface area contributed by atoms with E-state index in [2.05, 4.69) is 48.2 Å². The fourth-order valence-corrected chi connectivity index (χ4v) is 4.59. The number of carboxylic acid groups (broad SMARTS) is 1. The Hall–Kier alpha value is -1.79. The molecule has 1 aliphatic heterocycles. The van der Waals surface area contributed by atoms with Crippen molar-refractivity contribution in [3.63, 3.8) is 0 Å². The summed E-state index contributed by atoms with van der Waals surface area (Å²) in [6.45, 7) is 5.08. The van der Waals surface area contributed by atoms with Crippen molar-refractivity contribution in [3.8, 4) is 5.75 Å². The van der Waals surface area contributed by atoms with E-state index >= 15 is 0 Å². The zero-order chi connectivity index (χ0) is 19.4. The molecule has 0 bridgehead atoms. The number of para-hydroxylation sites is 1. The summed E-state index contributed by atoms with van der Waals surface area (Å²) in [5.74, 6) is 0.988. The van der Waals surface area contributed by atoms with E-state index in [0.29, 0.717) is 5.92 Å². The standard InChI is InChI=1S/C21H25NO3S2/c1-14-11-22(16-7-5-4-6-8-16)17-9-20(26-3)18(10-19(17)27-13-14)25-12-15(2)21(23)24/h4-10,14-15H,11-13H2,1-3H3,(H,23,24). The van der Waals surface area contributed by atoms with Gasteiger partial charge in [-0.05, 0) is 43.4 Å². The van der Waals surface area contributed by atoms with E-state index in [4.69, 9.17) is 9.84 Å². The van der Waals surface area contributed by atoms with E-state index in [9.17, 15) is 4.79 Å². The highest BCUT2D eigenvalue weighted by Crippen LogP contribution is 2.44. The van der Waals surface area contributed by atoms with Gasteiger partial charge in [0.05, 0.1) is 16.5 Å². The molecule has 0 saturated carbocycles. The van der Waals surface area contributed by atoms with Crippen LogP contribution in [0.3, 0.4) is 0 Å². The van der Waals surface area contributed by atoms with Crippen LogP contribution in [0.2, 0.25) is 0 Å². The van der Waals surface area contributed by atoms with Crippen LogP contribution >= 0.6 is 23.5 Å². The highest BCUT2D eigenvalue weighted by Gasteiger charge is 2.24. The number of hydrogen-bond donors (Lipinski definition) is 1. The zero-order valence-corrected chi connectivity index (χ0v) is 17.5. The van der Waals surface area contributed by atoms with Crippen molar-refractivity contribution in [2.75, 3.05) is 30.1 Å². The quantitative estimate of drug-likeness (QED) is 0.653. The smallest absolute Gasteiger partial charge is 0.309 e. The highest BCUT2D eigenvalue weighted by atomic mass is 32.2. The number of rotatable bonds is 6. The molecule has 1 N–H and O–H groups in total. The average Bonchev–Trinajstić information content (AvgIpc) is 2.84. The fraction of sp³-hybridized carbons (Fsp3) is 0.381. The van der Waals surface area contributed by atoms with Crippen LogP contribution < -0.4 is 9.64 Å². The van der Waals surface area contributed by atoms with Crippen LogP contribution in [0.25, 0.3) is 0 Å². The molecule has 1 aliphatic rings. The first-order valence-electron chi connectivity index (χ1n) is 9.02. The van der Waals surface area contributed by atoms with Gasteiger partial charge in [0, 0.05) is 22.9 Å². The molecule has 0 spiro atoms. The molecule has 1 heterocycles. The molecular weight excluding hydrogens is 378 g/mol. The topological polar surface area (TPSA) is 49.8 Å². The third-order valence-corrected chi connectivity index (χ3v) is 6.66. The van der Waals surface area contributed by atoms with Crippen LogP contribution in [0, 0.1) is 11.8 Å². The molecule has 2 atom stereocenters. The number of nitrogens with zero attached hydrogens (tertiary/aromatic N) is 1. The van der Waals surface area contributed by atoms with Crippen molar-refractivity contribution in [1.82, 2.24) is 0 Å². The Morgan fingerprint density at radius 1 is 1.37 bits per heavy atom. The number of anilines is 2. The van der Waals surface area contributed by atoms with Crippen molar-refractivity contribution < 1.29 is 14.6 Å². The van der Waals surface area contributed by atoms with Crippen molar-refractivity contribution in [3.05, 3.63) is 42.5 Å². The van der Waals surface area contributed by atoms with Gasteiger partial charge in [-0.1, -0.05) is 25.1 Å². The van der Waals surface area contributed by atoms with E-state index in [1.807, 2.05) is 24.1 Å². The second-order valence-electron chi connectivity index (χ2n) is 6.88. The lowest BCUT2D eigenvalue weighted by atomic mass is 10.1. The summed E-state index contributed by atoms with van der Waals surface area (Å²) in [7, 11) is 0. The molecule has 2 aromatic rings. The maximum atomic E-state index is 11.1. The lowest BCUT2D eigenvalue weighted by Crippen LogP contribution is -2.23. The van der Waals surface area contributed by atoms with E-state index in [1.54, 1.807) is 18.7 Å². The first kappa shape index (κ1) is 20.0. The highest BCUT2D eigenvalue weighted by molar-refractivity contribution is 7.99. The van der Waals surface area contributed by atoms with Crippen LogP contribution in [0.5, 0.6) is 5.75 Å². The Morgan fingerprint density at radius 2 is 2.11 bits per heavy atom. The number of carbonyl (C=O) groups is 1. The molecule has 0 aliphatic carbocycles. The van der Waals surface area contributed by atoms with Gasteiger partial charge in [0.1, 0.15) is 12.4 Å². The molecule has 0 saturated heterocycles. The van der Waals surface area contributed by atoms with Crippen LogP contribution in [-0.4, -0.2) is 36.2 Å². The Morgan fingerprint density at radius 3 is 2.78 bits per heavy atom. The van der Waals surface area contributed by atoms with Crippen molar-refractivity contribution in [2.24, 2.45) is 11.8 Å². The molecule has 0 aromatic heterocycles. The molecule has 2 aromatic carbocycles.